The highest BCUT2D eigenvalue weighted by Crippen LogP contribution is 2.27. The van der Waals surface area contributed by atoms with E-state index in [0.29, 0.717) is 12.5 Å². The maximum absolute atomic E-state index is 12.5. The number of piperidine rings is 1. The van der Waals surface area contributed by atoms with Gasteiger partial charge in [-0.05, 0) is 38.5 Å². The molecule has 0 aromatic heterocycles. The number of nitrogens with one attached hydrogen (secondary N) is 1. The van der Waals surface area contributed by atoms with Gasteiger partial charge in [-0.25, -0.2) is 0 Å². The summed E-state index contributed by atoms with van der Waals surface area (Å²) in [5, 5.41) is 9.37. The molecule has 0 radical (unpaired) electrons. The van der Waals surface area contributed by atoms with Crippen molar-refractivity contribution in [2.24, 2.45) is 5.92 Å². The third-order valence-corrected chi connectivity index (χ3v) is 6.55. The van der Waals surface area contributed by atoms with E-state index in [9.17, 15) is 13.5 Å². The summed E-state index contributed by atoms with van der Waals surface area (Å²) in [7, 11) is -3.47. The van der Waals surface area contributed by atoms with E-state index in [1.807, 2.05) is 6.92 Å². The maximum atomic E-state index is 12.5. The van der Waals surface area contributed by atoms with Gasteiger partial charge in [-0.1, -0.05) is 25.7 Å². The molecule has 2 unspecified atom stereocenters. The Morgan fingerprint density at radius 1 is 1.15 bits per heavy atom. The maximum Gasteiger partial charge on any atom is 0.280 e. The third kappa shape index (κ3) is 3.93. The van der Waals surface area contributed by atoms with Crippen molar-refractivity contribution in [3.63, 3.8) is 0 Å². The summed E-state index contributed by atoms with van der Waals surface area (Å²) in [5.41, 5.74) is 0. The van der Waals surface area contributed by atoms with Crippen LogP contribution >= 0.6 is 0 Å². The van der Waals surface area contributed by atoms with Crippen molar-refractivity contribution in [2.45, 2.75) is 70.4 Å². The molecule has 6 heteroatoms. The van der Waals surface area contributed by atoms with E-state index in [4.69, 9.17) is 0 Å². The Hall–Kier alpha value is -0.170. The lowest BCUT2D eigenvalue weighted by Gasteiger charge is -2.36. The summed E-state index contributed by atoms with van der Waals surface area (Å²) in [6, 6.07) is -0.263. The number of rotatable bonds is 5. The van der Waals surface area contributed by atoms with Gasteiger partial charge < -0.3 is 5.11 Å². The fraction of sp³-hybridized carbons (Fsp3) is 1.00. The van der Waals surface area contributed by atoms with Crippen LogP contribution in [0, 0.1) is 5.92 Å². The van der Waals surface area contributed by atoms with Crippen molar-refractivity contribution in [2.75, 3.05) is 13.2 Å². The van der Waals surface area contributed by atoms with Crippen molar-refractivity contribution >= 4 is 10.2 Å². The van der Waals surface area contributed by atoms with Gasteiger partial charge in [-0.2, -0.15) is 17.4 Å². The molecular weight excluding hydrogens is 276 g/mol. The minimum atomic E-state index is -3.47. The molecule has 20 heavy (non-hydrogen) atoms. The molecule has 1 saturated heterocycles. The molecule has 2 fully saturated rings. The van der Waals surface area contributed by atoms with Crippen molar-refractivity contribution in [1.82, 2.24) is 9.03 Å². The van der Waals surface area contributed by atoms with Gasteiger partial charge >= 0.3 is 0 Å². The minimum Gasteiger partial charge on any atom is -0.395 e. The predicted molar refractivity (Wildman–Crippen MR) is 79.5 cm³/mol. The monoisotopic (exact) mass is 304 g/mol. The van der Waals surface area contributed by atoms with Crippen molar-refractivity contribution in [3.05, 3.63) is 0 Å². The molecule has 5 nitrogen and oxygen atoms in total. The van der Waals surface area contributed by atoms with Crippen LogP contribution in [0.25, 0.3) is 0 Å². The van der Waals surface area contributed by atoms with Gasteiger partial charge in [0.05, 0.1) is 6.61 Å². The first-order valence-corrected chi connectivity index (χ1v) is 9.38. The van der Waals surface area contributed by atoms with E-state index >= 15 is 0 Å². The minimum absolute atomic E-state index is 0.0124. The van der Waals surface area contributed by atoms with Gasteiger partial charge in [0, 0.05) is 18.6 Å². The second kappa shape index (κ2) is 7.20. The Kier molecular flexibility index (Phi) is 5.84. The zero-order valence-electron chi connectivity index (χ0n) is 12.4. The molecule has 0 spiro atoms. The predicted octanol–water partition coefficient (Wildman–Crippen LogP) is 1.64. The molecule has 2 rings (SSSR count). The largest absolute Gasteiger partial charge is 0.395 e. The van der Waals surface area contributed by atoms with Crippen LogP contribution in [0.15, 0.2) is 0 Å². The molecule has 0 aromatic rings. The normalized spacial score (nSPS) is 28.4. The first-order valence-electron chi connectivity index (χ1n) is 7.94. The highest BCUT2D eigenvalue weighted by atomic mass is 32.2. The standard InChI is InChI=1S/C14H28N2O3S/c1-12(13-7-3-2-4-8-13)15-20(18,19)16-10-6-5-9-14(16)11-17/h12-15,17H,2-11H2,1H3. The molecule has 0 aromatic carbocycles. The molecular formula is C14H28N2O3S. The second-order valence-corrected chi connectivity index (χ2v) is 7.91. The second-order valence-electron chi connectivity index (χ2n) is 6.25. The SMILES string of the molecule is CC(NS(=O)(=O)N1CCCCC1CO)C1CCCCC1. The molecule has 1 aliphatic carbocycles. The van der Waals surface area contributed by atoms with E-state index in [0.717, 1.165) is 32.1 Å². The smallest absolute Gasteiger partial charge is 0.280 e. The van der Waals surface area contributed by atoms with E-state index in [1.165, 1.54) is 23.6 Å². The Morgan fingerprint density at radius 3 is 2.45 bits per heavy atom. The zero-order valence-corrected chi connectivity index (χ0v) is 13.2. The Morgan fingerprint density at radius 2 is 1.80 bits per heavy atom. The highest BCUT2D eigenvalue weighted by Gasteiger charge is 2.34. The number of nitrogens with zero attached hydrogens (tertiary/aromatic N) is 1. The first kappa shape index (κ1) is 16.2. The van der Waals surface area contributed by atoms with E-state index in [2.05, 4.69) is 4.72 Å². The van der Waals surface area contributed by atoms with Gasteiger partial charge in [-0.3, -0.25) is 0 Å². The molecule has 1 saturated carbocycles. The number of hydrogen-bond donors (Lipinski definition) is 2. The van der Waals surface area contributed by atoms with Crippen LogP contribution in [0.1, 0.15) is 58.3 Å². The number of aliphatic hydroxyl groups excluding tert-OH is 1. The first-order chi connectivity index (χ1) is 9.54. The van der Waals surface area contributed by atoms with Crippen LogP contribution in [-0.2, 0) is 10.2 Å². The Balaban J connectivity index is 1.98. The Labute approximate surface area is 122 Å². The van der Waals surface area contributed by atoms with Crippen molar-refractivity contribution in [3.8, 4) is 0 Å². The van der Waals surface area contributed by atoms with Crippen molar-refractivity contribution < 1.29 is 13.5 Å². The van der Waals surface area contributed by atoms with Crippen LogP contribution in [0.5, 0.6) is 0 Å². The summed E-state index contributed by atoms with van der Waals surface area (Å²) in [6.07, 6.45) is 8.56. The lowest BCUT2D eigenvalue weighted by Crippen LogP contribution is -2.53. The van der Waals surface area contributed by atoms with E-state index < -0.39 is 10.2 Å². The van der Waals surface area contributed by atoms with Crippen LogP contribution < -0.4 is 4.72 Å². The lowest BCUT2D eigenvalue weighted by atomic mass is 9.85. The molecule has 0 bridgehead atoms. The average molecular weight is 304 g/mol. The summed E-state index contributed by atoms with van der Waals surface area (Å²) in [6.45, 7) is 2.42. The Bertz CT molecular complexity index is 393. The van der Waals surface area contributed by atoms with Gasteiger partial charge in [0.15, 0.2) is 0 Å². The van der Waals surface area contributed by atoms with Gasteiger partial charge in [0.25, 0.3) is 10.2 Å². The number of aliphatic hydroxyl groups is 1. The van der Waals surface area contributed by atoms with Crippen LogP contribution in [0.4, 0.5) is 0 Å². The quantitative estimate of drug-likeness (QED) is 0.811. The van der Waals surface area contributed by atoms with Crippen LogP contribution in [0.3, 0.4) is 0 Å². The summed E-state index contributed by atoms with van der Waals surface area (Å²) in [4.78, 5) is 0. The van der Waals surface area contributed by atoms with Crippen molar-refractivity contribution in [1.29, 1.82) is 0 Å². The molecule has 2 aliphatic rings. The average Bonchev–Trinajstić information content (AvgIpc) is 2.47. The molecule has 2 N–H and O–H groups in total. The summed E-state index contributed by atoms with van der Waals surface area (Å²) < 4.78 is 29.3. The lowest BCUT2D eigenvalue weighted by molar-refractivity contribution is 0.152. The fourth-order valence-electron chi connectivity index (χ4n) is 3.51. The molecule has 1 heterocycles. The van der Waals surface area contributed by atoms with Crippen LogP contribution in [-0.4, -0.2) is 43.1 Å². The van der Waals surface area contributed by atoms with E-state index in [-0.39, 0.29) is 18.7 Å². The van der Waals surface area contributed by atoms with Gasteiger partial charge in [-0.15, -0.1) is 0 Å². The highest BCUT2D eigenvalue weighted by molar-refractivity contribution is 7.87. The molecule has 1 aliphatic heterocycles. The summed E-state index contributed by atoms with van der Waals surface area (Å²) >= 11 is 0. The molecule has 2 atom stereocenters. The third-order valence-electron chi connectivity index (χ3n) is 4.78. The summed E-state index contributed by atoms with van der Waals surface area (Å²) in [5.74, 6) is 0.455. The number of hydrogen-bond acceptors (Lipinski definition) is 3. The topological polar surface area (TPSA) is 69.6 Å². The van der Waals surface area contributed by atoms with Gasteiger partial charge in [0.1, 0.15) is 0 Å². The molecule has 0 amide bonds. The van der Waals surface area contributed by atoms with Gasteiger partial charge in [0.2, 0.25) is 0 Å². The van der Waals surface area contributed by atoms with E-state index in [1.54, 1.807) is 0 Å². The molecule has 118 valence electrons. The fourth-order valence-corrected chi connectivity index (χ4v) is 5.24. The van der Waals surface area contributed by atoms with Crippen LogP contribution in [0.2, 0.25) is 0 Å². The zero-order chi connectivity index (χ0) is 14.6.